The first-order valence-corrected chi connectivity index (χ1v) is 3.19. The molecule has 0 amide bonds. The van der Waals surface area contributed by atoms with Crippen LogP contribution in [0.4, 0.5) is 0 Å². The minimum absolute atomic E-state index is 0.195. The lowest BCUT2D eigenvalue weighted by atomic mass is 9.97. The minimum Gasteiger partial charge on any atom is -0.396 e. The van der Waals surface area contributed by atoms with Crippen molar-refractivity contribution in [3.05, 3.63) is 18.4 Å². The van der Waals surface area contributed by atoms with Gasteiger partial charge in [0.1, 0.15) is 0 Å². The monoisotopic (exact) mass is 126 g/mol. The molecule has 52 valence electrons. The fourth-order valence-electron chi connectivity index (χ4n) is 0.607. The van der Waals surface area contributed by atoms with E-state index in [0.29, 0.717) is 5.92 Å². The largest absolute Gasteiger partial charge is 0.396 e. The van der Waals surface area contributed by atoms with Gasteiger partial charge >= 0.3 is 0 Å². The number of aliphatic hydroxyl groups is 1. The van der Waals surface area contributed by atoms with Crippen molar-refractivity contribution in [3.63, 3.8) is 0 Å². The minimum atomic E-state index is 0.195. The molecule has 0 spiro atoms. The van der Waals surface area contributed by atoms with Crippen LogP contribution < -0.4 is 0 Å². The first-order valence-electron chi connectivity index (χ1n) is 3.19. The molecule has 0 aromatic carbocycles. The van der Waals surface area contributed by atoms with Crippen LogP contribution in [0.2, 0.25) is 0 Å². The van der Waals surface area contributed by atoms with E-state index >= 15 is 0 Å². The van der Waals surface area contributed by atoms with E-state index in [2.05, 4.69) is 26.2 Å². The highest BCUT2D eigenvalue weighted by Crippen LogP contribution is 2.09. The lowest BCUT2D eigenvalue weighted by Crippen LogP contribution is -2.09. The Morgan fingerprint density at radius 3 is 2.33 bits per heavy atom. The van der Waals surface area contributed by atoms with Gasteiger partial charge in [-0.2, -0.15) is 0 Å². The van der Waals surface area contributed by atoms with E-state index in [1.165, 1.54) is 0 Å². The molecule has 1 N–H and O–H groups in total. The molecule has 1 heteroatoms. The van der Waals surface area contributed by atoms with E-state index in [4.69, 9.17) is 5.11 Å². The fourth-order valence-corrected chi connectivity index (χ4v) is 0.607. The summed E-state index contributed by atoms with van der Waals surface area (Å²) in [5.41, 5.74) is 2.67. The summed E-state index contributed by atoms with van der Waals surface area (Å²) < 4.78 is 0. The normalized spacial score (nSPS) is 12.9. The average Bonchev–Trinajstić information content (AvgIpc) is 1.82. The van der Waals surface area contributed by atoms with E-state index < -0.39 is 0 Å². The smallest absolute Gasteiger partial charge is 0.0502 e. The van der Waals surface area contributed by atoms with Gasteiger partial charge < -0.3 is 5.11 Å². The summed E-state index contributed by atoms with van der Waals surface area (Å²) in [4.78, 5) is 0. The lowest BCUT2D eigenvalue weighted by molar-refractivity contribution is 0.222. The molecule has 0 aliphatic carbocycles. The molecule has 0 bridgehead atoms. The molecule has 0 radical (unpaired) electrons. The Hall–Kier alpha value is -0.520. The molecule has 0 aliphatic heterocycles. The van der Waals surface area contributed by atoms with E-state index in [-0.39, 0.29) is 12.5 Å². The van der Waals surface area contributed by atoms with Gasteiger partial charge in [-0.05, 0) is 12.0 Å². The molecule has 0 heterocycles. The Labute approximate surface area is 56.7 Å². The van der Waals surface area contributed by atoms with Gasteiger partial charge in [-0.15, -0.1) is 5.73 Å². The maximum absolute atomic E-state index is 8.73. The highest BCUT2D eigenvalue weighted by Gasteiger charge is 2.06. The molecule has 0 fully saturated rings. The predicted molar refractivity (Wildman–Crippen MR) is 39.1 cm³/mol. The first-order chi connectivity index (χ1) is 4.22. The summed E-state index contributed by atoms with van der Waals surface area (Å²) >= 11 is 0. The van der Waals surface area contributed by atoms with E-state index in [1.807, 2.05) is 6.08 Å². The second-order valence-corrected chi connectivity index (χ2v) is 2.46. The van der Waals surface area contributed by atoms with Gasteiger partial charge in [-0.25, -0.2) is 0 Å². The summed E-state index contributed by atoms with van der Waals surface area (Å²) in [5, 5.41) is 8.73. The van der Waals surface area contributed by atoms with Crippen LogP contribution in [0.1, 0.15) is 13.8 Å². The maximum Gasteiger partial charge on any atom is 0.0502 e. The highest BCUT2D eigenvalue weighted by atomic mass is 16.3. The molecule has 1 nitrogen and oxygen atoms in total. The van der Waals surface area contributed by atoms with Crippen molar-refractivity contribution in [1.82, 2.24) is 0 Å². The van der Waals surface area contributed by atoms with Crippen molar-refractivity contribution in [1.29, 1.82) is 0 Å². The summed E-state index contributed by atoms with van der Waals surface area (Å²) in [6, 6.07) is 0. The molecular formula is C8H14O. The van der Waals surface area contributed by atoms with Crippen molar-refractivity contribution < 1.29 is 5.11 Å². The van der Waals surface area contributed by atoms with Crippen molar-refractivity contribution in [2.45, 2.75) is 13.8 Å². The molecule has 0 rings (SSSR count). The second kappa shape index (κ2) is 4.37. The third-order valence-corrected chi connectivity index (χ3v) is 1.40. The van der Waals surface area contributed by atoms with Crippen molar-refractivity contribution in [2.75, 3.05) is 6.61 Å². The van der Waals surface area contributed by atoms with Gasteiger partial charge in [-0.3, -0.25) is 0 Å². The predicted octanol–water partition coefficient (Wildman–Crippen LogP) is 1.59. The maximum atomic E-state index is 8.73. The molecule has 0 saturated carbocycles. The van der Waals surface area contributed by atoms with Crippen molar-refractivity contribution >= 4 is 0 Å². The summed E-state index contributed by atoms with van der Waals surface area (Å²) in [7, 11) is 0. The Kier molecular flexibility index (Phi) is 4.12. The van der Waals surface area contributed by atoms with E-state index in [9.17, 15) is 0 Å². The quantitative estimate of drug-likeness (QED) is 0.569. The SMILES string of the molecule is C=C=CC(CO)C(C)C. The van der Waals surface area contributed by atoms with Crippen LogP contribution in [0.5, 0.6) is 0 Å². The number of rotatable bonds is 3. The third-order valence-electron chi connectivity index (χ3n) is 1.40. The lowest BCUT2D eigenvalue weighted by Gasteiger charge is -2.10. The van der Waals surface area contributed by atoms with Gasteiger partial charge in [0.2, 0.25) is 0 Å². The molecular weight excluding hydrogens is 112 g/mol. The van der Waals surface area contributed by atoms with E-state index in [1.54, 1.807) is 0 Å². The van der Waals surface area contributed by atoms with Crippen LogP contribution in [0.15, 0.2) is 18.4 Å². The van der Waals surface area contributed by atoms with Crippen LogP contribution in [0.25, 0.3) is 0 Å². The molecule has 0 aromatic rings. The van der Waals surface area contributed by atoms with Crippen molar-refractivity contribution in [2.24, 2.45) is 11.8 Å². The zero-order valence-corrected chi connectivity index (χ0v) is 6.09. The zero-order chi connectivity index (χ0) is 7.28. The van der Waals surface area contributed by atoms with Gasteiger partial charge in [0.15, 0.2) is 0 Å². The van der Waals surface area contributed by atoms with Crippen LogP contribution in [-0.4, -0.2) is 11.7 Å². The molecule has 9 heavy (non-hydrogen) atoms. The standard InChI is InChI=1S/C8H14O/c1-4-5-8(6-9)7(2)3/h5,7-9H,1,6H2,2-3H3. The Bertz CT molecular complexity index is 110. The number of hydrogen-bond donors (Lipinski definition) is 1. The van der Waals surface area contributed by atoms with E-state index in [0.717, 1.165) is 0 Å². The first kappa shape index (κ1) is 8.48. The third kappa shape index (κ3) is 3.12. The Balaban J connectivity index is 3.82. The van der Waals surface area contributed by atoms with Crippen LogP contribution >= 0.6 is 0 Å². The van der Waals surface area contributed by atoms with Crippen molar-refractivity contribution in [3.8, 4) is 0 Å². The van der Waals surface area contributed by atoms with Crippen LogP contribution in [0.3, 0.4) is 0 Å². The van der Waals surface area contributed by atoms with Gasteiger partial charge in [0.05, 0.1) is 6.61 Å². The van der Waals surface area contributed by atoms with Crippen LogP contribution in [-0.2, 0) is 0 Å². The number of hydrogen-bond acceptors (Lipinski definition) is 1. The summed E-state index contributed by atoms with van der Waals surface area (Å²) in [5.74, 6) is 0.701. The molecule has 1 atom stereocenters. The van der Waals surface area contributed by atoms with Gasteiger partial charge in [-0.1, -0.05) is 20.4 Å². The molecule has 1 unspecified atom stereocenters. The summed E-state index contributed by atoms with van der Waals surface area (Å²) in [6.07, 6.45) is 1.81. The fraction of sp³-hybridized carbons (Fsp3) is 0.625. The van der Waals surface area contributed by atoms with Gasteiger partial charge in [0.25, 0.3) is 0 Å². The van der Waals surface area contributed by atoms with Gasteiger partial charge in [0, 0.05) is 5.92 Å². The molecule has 0 saturated heterocycles. The van der Waals surface area contributed by atoms with Crippen LogP contribution in [0, 0.1) is 11.8 Å². The number of aliphatic hydroxyl groups excluding tert-OH is 1. The Morgan fingerprint density at radius 1 is 1.67 bits per heavy atom. The second-order valence-electron chi connectivity index (χ2n) is 2.46. The zero-order valence-electron chi connectivity index (χ0n) is 6.09. The molecule has 0 aromatic heterocycles. The average molecular weight is 126 g/mol. The summed E-state index contributed by atoms with van der Waals surface area (Å²) in [6.45, 7) is 7.76. The highest BCUT2D eigenvalue weighted by molar-refractivity contribution is 4.85. The Morgan fingerprint density at radius 2 is 2.22 bits per heavy atom. The molecule has 0 aliphatic rings. The topological polar surface area (TPSA) is 20.2 Å².